The number of rotatable bonds is 3. The summed E-state index contributed by atoms with van der Waals surface area (Å²) in [4.78, 5) is 0. The Hall–Kier alpha value is -1.09. The van der Waals surface area contributed by atoms with Crippen LogP contribution >= 0.6 is 0 Å². The Balaban J connectivity index is 2.34. The number of ether oxygens (including phenoxy) is 1. The average Bonchev–Trinajstić information content (AvgIpc) is 2.33. The molecule has 0 saturated heterocycles. The topological polar surface area (TPSA) is 29.5 Å². The first-order chi connectivity index (χ1) is 8.17. The zero-order chi connectivity index (χ0) is 12.3. The predicted octanol–water partition coefficient (Wildman–Crippen LogP) is 3.38. The molecule has 0 heterocycles. The van der Waals surface area contributed by atoms with Gasteiger partial charge in [-0.3, -0.25) is 0 Å². The molecule has 94 valence electrons. The Morgan fingerprint density at radius 1 is 1.29 bits per heavy atom. The summed E-state index contributed by atoms with van der Waals surface area (Å²) < 4.78 is 19.4. The fourth-order valence-corrected chi connectivity index (χ4v) is 2.54. The van der Waals surface area contributed by atoms with E-state index in [9.17, 15) is 9.50 Å². The Morgan fingerprint density at radius 2 is 2.00 bits per heavy atom. The van der Waals surface area contributed by atoms with Crippen LogP contribution in [0, 0.1) is 5.82 Å². The molecular weight excluding hydrogens is 219 g/mol. The Morgan fingerprint density at radius 3 is 2.65 bits per heavy atom. The lowest BCUT2D eigenvalue weighted by Crippen LogP contribution is -2.29. The summed E-state index contributed by atoms with van der Waals surface area (Å²) in [6.07, 6.45) is 4.30. The molecule has 2 nitrogen and oxygen atoms in total. The molecule has 17 heavy (non-hydrogen) atoms. The van der Waals surface area contributed by atoms with Crippen molar-refractivity contribution < 1.29 is 14.2 Å². The molecule has 1 aliphatic carbocycles. The second kappa shape index (κ2) is 5.05. The first-order valence-corrected chi connectivity index (χ1v) is 6.31. The van der Waals surface area contributed by atoms with Crippen LogP contribution < -0.4 is 4.74 Å². The molecule has 3 heteroatoms. The van der Waals surface area contributed by atoms with Crippen LogP contribution in [0.1, 0.15) is 44.6 Å². The molecular formula is C14H19FO2. The molecule has 0 bridgehead atoms. The molecule has 0 spiro atoms. The van der Waals surface area contributed by atoms with Crippen LogP contribution in [0.15, 0.2) is 18.2 Å². The zero-order valence-corrected chi connectivity index (χ0v) is 10.2. The van der Waals surface area contributed by atoms with Gasteiger partial charge in [-0.05, 0) is 25.8 Å². The van der Waals surface area contributed by atoms with E-state index >= 15 is 0 Å². The number of halogens is 1. The average molecular weight is 238 g/mol. The lowest BCUT2D eigenvalue weighted by Gasteiger charge is -2.33. The van der Waals surface area contributed by atoms with E-state index in [2.05, 4.69) is 0 Å². The lowest BCUT2D eigenvalue weighted by atomic mass is 9.79. The first kappa shape index (κ1) is 12.4. The van der Waals surface area contributed by atoms with Gasteiger partial charge in [0, 0.05) is 5.56 Å². The summed E-state index contributed by atoms with van der Waals surface area (Å²) in [5, 5.41) is 10.5. The van der Waals surface area contributed by atoms with E-state index in [-0.39, 0.29) is 5.75 Å². The van der Waals surface area contributed by atoms with Gasteiger partial charge in [0.05, 0.1) is 12.2 Å². The molecule has 0 amide bonds. The summed E-state index contributed by atoms with van der Waals surface area (Å²) in [6, 6.07) is 5.02. The van der Waals surface area contributed by atoms with Gasteiger partial charge >= 0.3 is 0 Å². The third-order valence-electron chi connectivity index (χ3n) is 3.45. The fraction of sp³-hybridized carbons (Fsp3) is 0.571. The summed E-state index contributed by atoms with van der Waals surface area (Å²) in [5.74, 6) is -0.164. The maximum Gasteiger partial charge on any atom is 0.171 e. The SMILES string of the molecule is CCOc1cccc(C2(O)CCCCC2)c1F. The molecule has 1 N–H and O–H groups in total. The second-order valence-corrected chi connectivity index (χ2v) is 4.64. The molecule has 1 aromatic carbocycles. The van der Waals surface area contributed by atoms with E-state index in [1.54, 1.807) is 18.2 Å². The summed E-state index contributed by atoms with van der Waals surface area (Å²) in [6.45, 7) is 2.25. The Kier molecular flexibility index (Phi) is 3.67. The first-order valence-electron chi connectivity index (χ1n) is 6.31. The Bertz CT molecular complexity index is 384. The highest BCUT2D eigenvalue weighted by atomic mass is 19.1. The number of aliphatic hydroxyl groups is 1. The summed E-state index contributed by atoms with van der Waals surface area (Å²) >= 11 is 0. The largest absolute Gasteiger partial charge is 0.491 e. The molecule has 0 radical (unpaired) electrons. The number of hydrogen-bond donors (Lipinski definition) is 1. The van der Waals surface area contributed by atoms with Crippen molar-refractivity contribution in [2.75, 3.05) is 6.61 Å². The minimum absolute atomic E-state index is 0.240. The van der Waals surface area contributed by atoms with E-state index in [4.69, 9.17) is 4.74 Å². The molecule has 2 rings (SSSR count). The van der Waals surface area contributed by atoms with Gasteiger partial charge in [-0.25, -0.2) is 4.39 Å². The van der Waals surface area contributed by atoms with Crippen molar-refractivity contribution in [2.24, 2.45) is 0 Å². The smallest absolute Gasteiger partial charge is 0.171 e. The van der Waals surface area contributed by atoms with E-state index in [0.29, 0.717) is 25.0 Å². The Labute approximate surface area is 101 Å². The highest BCUT2D eigenvalue weighted by Gasteiger charge is 2.34. The van der Waals surface area contributed by atoms with Gasteiger partial charge in [0.15, 0.2) is 11.6 Å². The molecule has 1 fully saturated rings. The van der Waals surface area contributed by atoms with Crippen molar-refractivity contribution in [1.29, 1.82) is 0 Å². The summed E-state index contributed by atoms with van der Waals surface area (Å²) in [7, 11) is 0. The molecule has 1 aliphatic rings. The predicted molar refractivity (Wildman–Crippen MR) is 64.6 cm³/mol. The van der Waals surface area contributed by atoms with E-state index in [1.807, 2.05) is 6.92 Å². The van der Waals surface area contributed by atoms with Gasteiger partial charge in [0.25, 0.3) is 0 Å². The van der Waals surface area contributed by atoms with Crippen molar-refractivity contribution in [2.45, 2.75) is 44.6 Å². The zero-order valence-electron chi connectivity index (χ0n) is 10.2. The standard InChI is InChI=1S/C14H19FO2/c1-2-17-12-8-6-7-11(13(12)15)14(16)9-4-3-5-10-14/h6-8,16H,2-5,9-10H2,1H3. The van der Waals surface area contributed by atoms with Crippen LogP contribution in [0.5, 0.6) is 5.75 Å². The van der Waals surface area contributed by atoms with Crippen molar-refractivity contribution in [3.8, 4) is 5.75 Å². The van der Waals surface area contributed by atoms with Gasteiger partial charge in [-0.2, -0.15) is 0 Å². The van der Waals surface area contributed by atoms with Crippen LogP contribution in [0.4, 0.5) is 4.39 Å². The maximum absolute atomic E-state index is 14.2. The van der Waals surface area contributed by atoms with Crippen molar-refractivity contribution in [1.82, 2.24) is 0 Å². The van der Waals surface area contributed by atoms with Gasteiger partial charge in [0.2, 0.25) is 0 Å². The van der Waals surface area contributed by atoms with Gasteiger partial charge in [-0.1, -0.05) is 31.4 Å². The van der Waals surface area contributed by atoms with Crippen molar-refractivity contribution in [3.05, 3.63) is 29.6 Å². The molecule has 1 aromatic rings. The highest BCUT2D eigenvalue weighted by Crippen LogP contribution is 2.39. The third-order valence-corrected chi connectivity index (χ3v) is 3.45. The monoisotopic (exact) mass is 238 g/mol. The normalized spacial score (nSPS) is 19.0. The van der Waals surface area contributed by atoms with Crippen molar-refractivity contribution in [3.63, 3.8) is 0 Å². The number of hydrogen-bond acceptors (Lipinski definition) is 2. The molecule has 0 atom stereocenters. The van der Waals surface area contributed by atoms with Crippen LogP contribution in [-0.2, 0) is 5.60 Å². The minimum atomic E-state index is -1.00. The van der Waals surface area contributed by atoms with Crippen molar-refractivity contribution >= 4 is 0 Å². The van der Waals surface area contributed by atoms with E-state index in [1.165, 1.54) is 0 Å². The van der Waals surface area contributed by atoms with Crippen LogP contribution in [0.2, 0.25) is 0 Å². The number of benzene rings is 1. The van der Waals surface area contributed by atoms with Crippen LogP contribution in [0.3, 0.4) is 0 Å². The quantitative estimate of drug-likeness (QED) is 0.874. The molecule has 0 aromatic heterocycles. The molecule has 1 saturated carbocycles. The van der Waals surface area contributed by atoms with Gasteiger partial charge < -0.3 is 9.84 Å². The van der Waals surface area contributed by atoms with E-state index in [0.717, 1.165) is 19.3 Å². The summed E-state index contributed by atoms with van der Waals surface area (Å²) in [5.41, 5.74) is -0.613. The van der Waals surface area contributed by atoms with Gasteiger partial charge in [-0.15, -0.1) is 0 Å². The third kappa shape index (κ3) is 2.44. The van der Waals surface area contributed by atoms with Crippen LogP contribution in [-0.4, -0.2) is 11.7 Å². The minimum Gasteiger partial charge on any atom is -0.491 e. The molecule has 0 aliphatic heterocycles. The second-order valence-electron chi connectivity index (χ2n) is 4.64. The lowest BCUT2D eigenvalue weighted by molar-refractivity contribution is -0.00415. The van der Waals surface area contributed by atoms with Gasteiger partial charge in [0.1, 0.15) is 0 Å². The van der Waals surface area contributed by atoms with E-state index < -0.39 is 11.4 Å². The maximum atomic E-state index is 14.2. The van der Waals surface area contributed by atoms with Crippen LogP contribution in [0.25, 0.3) is 0 Å². The molecule has 0 unspecified atom stereocenters. The highest BCUT2D eigenvalue weighted by molar-refractivity contribution is 5.35. The fourth-order valence-electron chi connectivity index (χ4n) is 2.54.